The highest BCUT2D eigenvalue weighted by Gasteiger charge is 2.24. The maximum atomic E-state index is 12.3. The molecule has 3 N–H and O–H groups in total. The Labute approximate surface area is 148 Å². The number of nitrogens with one attached hydrogen (secondary N) is 1. The summed E-state index contributed by atoms with van der Waals surface area (Å²) in [7, 11) is 0. The third-order valence-corrected chi connectivity index (χ3v) is 4.17. The SMILES string of the molecule is CCC(C)C(NC(=O)c1ccc(OCc2ccccc2)cc1)C(N)=O. The lowest BCUT2D eigenvalue weighted by atomic mass is 9.98. The van der Waals surface area contributed by atoms with Gasteiger partial charge in [0.2, 0.25) is 5.91 Å². The standard InChI is InChI=1S/C20H24N2O3/c1-3-14(2)18(19(21)23)22-20(24)16-9-11-17(12-10-16)25-13-15-7-5-4-6-8-15/h4-12,14,18H,3,13H2,1-2H3,(H2,21,23)(H,22,24). The van der Waals surface area contributed by atoms with Crippen LogP contribution in [-0.4, -0.2) is 17.9 Å². The minimum Gasteiger partial charge on any atom is -0.489 e. The van der Waals surface area contributed by atoms with Gasteiger partial charge >= 0.3 is 0 Å². The Morgan fingerprint density at radius 1 is 1.08 bits per heavy atom. The molecule has 0 spiro atoms. The van der Waals surface area contributed by atoms with Gasteiger partial charge in [0.15, 0.2) is 0 Å². The molecule has 2 aromatic rings. The predicted octanol–water partition coefficient (Wildman–Crippen LogP) is 2.90. The van der Waals surface area contributed by atoms with Crippen molar-refractivity contribution in [3.05, 3.63) is 65.7 Å². The van der Waals surface area contributed by atoms with Crippen LogP contribution in [0.2, 0.25) is 0 Å². The number of benzene rings is 2. The molecule has 0 fully saturated rings. The number of hydrogen-bond donors (Lipinski definition) is 2. The van der Waals surface area contributed by atoms with Gasteiger partial charge in [0.05, 0.1) is 0 Å². The van der Waals surface area contributed by atoms with Crippen molar-refractivity contribution in [3.8, 4) is 5.75 Å². The van der Waals surface area contributed by atoms with Gasteiger partial charge in [-0.2, -0.15) is 0 Å². The van der Waals surface area contributed by atoms with Crippen LogP contribution in [0.4, 0.5) is 0 Å². The van der Waals surface area contributed by atoms with E-state index in [4.69, 9.17) is 10.5 Å². The average molecular weight is 340 g/mol. The normalized spacial score (nSPS) is 12.9. The van der Waals surface area contributed by atoms with Crippen LogP contribution < -0.4 is 15.8 Å². The molecule has 5 heteroatoms. The van der Waals surface area contributed by atoms with E-state index >= 15 is 0 Å². The van der Waals surface area contributed by atoms with Gasteiger partial charge < -0.3 is 15.8 Å². The van der Waals surface area contributed by atoms with Crippen LogP contribution in [-0.2, 0) is 11.4 Å². The maximum Gasteiger partial charge on any atom is 0.251 e. The van der Waals surface area contributed by atoms with Crippen LogP contribution in [0.5, 0.6) is 5.75 Å². The summed E-state index contributed by atoms with van der Waals surface area (Å²) in [6.45, 7) is 4.30. The van der Waals surface area contributed by atoms with Crippen molar-refractivity contribution in [2.45, 2.75) is 32.9 Å². The van der Waals surface area contributed by atoms with E-state index in [0.29, 0.717) is 17.9 Å². The molecule has 2 aromatic carbocycles. The minimum atomic E-state index is -0.675. The topological polar surface area (TPSA) is 81.4 Å². The molecule has 2 unspecified atom stereocenters. The van der Waals surface area contributed by atoms with Crippen molar-refractivity contribution in [3.63, 3.8) is 0 Å². The Kier molecular flexibility index (Phi) is 6.57. The molecular formula is C20H24N2O3. The lowest BCUT2D eigenvalue weighted by Crippen LogP contribution is -2.48. The minimum absolute atomic E-state index is 0.0186. The highest BCUT2D eigenvalue weighted by molar-refractivity contribution is 5.97. The van der Waals surface area contributed by atoms with E-state index in [9.17, 15) is 9.59 Å². The molecule has 132 valence electrons. The van der Waals surface area contributed by atoms with E-state index in [0.717, 1.165) is 12.0 Å². The van der Waals surface area contributed by atoms with Crippen molar-refractivity contribution < 1.29 is 14.3 Å². The van der Waals surface area contributed by atoms with Gasteiger partial charge in [-0.25, -0.2) is 0 Å². The fraction of sp³-hybridized carbons (Fsp3) is 0.300. The molecule has 2 atom stereocenters. The van der Waals surface area contributed by atoms with E-state index < -0.39 is 11.9 Å². The molecule has 2 amide bonds. The zero-order valence-electron chi connectivity index (χ0n) is 14.6. The fourth-order valence-electron chi connectivity index (χ4n) is 2.40. The Balaban J connectivity index is 1.96. The monoisotopic (exact) mass is 340 g/mol. The first-order valence-electron chi connectivity index (χ1n) is 8.38. The second kappa shape index (κ2) is 8.87. The van der Waals surface area contributed by atoms with Gasteiger partial charge in [-0.15, -0.1) is 0 Å². The van der Waals surface area contributed by atoms with Crippen LogP contribution in [0.3, 0.4) is 0 Å². The van der Waals surface area contributed by atoms with Crippen LogP contribution in [0.25, 0.3) is 0 Å². The highest BCUT2D eigenvalue weighted by atomic mass is 16.5. The maximum absolute atomic E-state index is 12.3. The zero-order valence-corrected chi connectivity index (χ0v) is 14.6. The summed E-state index contributed by atoms with van der Waals surface area (Å²) in [6.07, 6.45) is 0.750. The fourth-order valence-corrected chi connectivity index (χ4v) is 2.40. The lowest BCUT2D eigenvalue weighted by Gasteiger charge is -2.21. The molecule has 0 radical (unpaired) electrons. The quantitative estimate of drug-likeness (QED) is 0.775. The molecule has 0 bridgehead atoms. The van der Waals surface area contributed by atoms with E-state index in [1.807, 2.05) is 44.2 Å². The molecule has 0 aliphatic heterocycles. The van der Waals surface area contributed by atoms with Gasteiger partial charge in [-0.1, -0.05) is 50.6 Å². The Bertz CT molecular complexity index is 699. The van der Waals surface area contributed by atoms with Gasteiger partial charge in [-0.05, 0) is 35.7 Å². The van der Waals surface area contributed by atoms with Crippen molar-refractivity contribution in [2.75, 3.05) is 0 Å². The lowest BCUT2D eigenvalue weighted by molar-refractivity contribution is -0.120. The molecule has 0 aliphatic carbocycles. The van der Waals surface area contributed by atoms with Gasteiger partial charge in [0, 0.05) is 5.56 Å². The number of primary amides is 1. The number of carbonyl (C=O) groups excluding carboxylic acids is 2. The van der Waals surface area contributed by atoms with Crippen LogP contribution in [0.15, 0.2) is 54.6 Å². The summed E-state index contributed by atoms with van der Waals surface area (Å²) in [5.41, 5.74) is 6.92. The summed E-state index contributed by atoms with van der Waals surface area (Å²) < 4.78 is 5.70. The molecule has 25 heavy (non-hydrogen) atoms. The molecule has 0 saturated carbocycles. The second-order valence-electron chi connectivity index (χ2n) is 6.04. The van der Waals surface area contributed by atoms with E-state index in [2.05, 4.69) is 5.32 Å². The summed E-state index contributed by atoms with van der Waals surface area (Å²) in [6, 6.07) is 16.0. The smallest absolute Gasteiger partial charge is 0.251 e. The van der Waals surface area contributed by atoms with Crippen molar-refractivity contribution in [1.82, 2.24) is 5.32 Å². The Morgan fingerprint density at radius 2 is 1.72 bits per heavy atom. The number of nitrogens with two attached hydrogens (primary N) is 1. The number of hydrogen-bond acceptors (Lipinski definition) is 3. The molecule has 0 aromatic heterocycles. The number of ether oxygens (including phenoxy) is 1. The molecule has 2 rings (SSSR count). The zero-order chi connectivity index (χ0) is 18.2. The van der Waals surface area contributed by atoms with Crippen LogP contribution >= 0.6 is 0 Å². The highest BCUT2D eigenvalue weighted by Crippen LogP contribution is 2.15. The summed E-state index contributed by atoms with van der Waals surface area (Å²) >= 11 is 0. The molecule has 0 saturated heterocycles. The third kappa shape index (κ3) is 5.35. The Hall–Kier alpha value is -2.82. The molecule has 0 heterocycles. The largest absolute Gasteiger partial charge is 0.489 e. The predicted molar refractivity (Wildman–Crippen MR) is 97.1 cm³/mol. The van der Waals surface area contributed by atoms with Gasteiger partial charge in [0.1, 0.15) is 18.4 Å². The number of rotatable bonds is 8. The number of amides is 2. The van der Waals surface area contributed by atoms with Crippen molar-refractivity contribution in [1.29, 1.82) is 0 Å². The summed E-state index contributed by atoms with van der Waals surface area (Å²) in [4.78, 5) is 23.8. The second-order valence-corrected chi connectivity index (χ2v) is 6.04. The van der Waals surface area contributed by atoms with Gasteiger partial charge in [0.25, 0.3) is 5.91 Å². The molecule has 5 nitrogen and oxygen atoms in total. The molecular weight excluding hydrogens is 316 g/mol. The van der Waals surface area contributed by atoms with Crippen molar-refractivity contribution >= 4 is 11.8 Å². The Morgan fingerprint density at radius 3 is 2.28 bits per heavy atom. The van der Waals surface area contributed by atoms with E-state index in [1.54, 1.807) is 24.3 Å². The van der Waals surface area contributed by atoms with Crippen molar-refractivity contribution in [2.24, 2.45) is 11.7 Å². The first kappa shape index (κ1) is 18.5. The summed E-state index contributed by atoms with van der Waals surface area (Å²) in [5, 5.41) is 2.71. The first-order valence-corrected chi connectivity index (χ1v) is 8.38. The first-order chi connectivity index (χ1) is 12.0. The summed E-state index contributed by atoms with van der Waals surface area (Å²) in [5.74, 6) is -0.187. The molecule has 0 aliphatic rings. The third-order valence-electron chi connectivity index (χ3n) is 4.17. The van der Waals surface area contributed by atoms with E-state index in [-0.39, 0.29) is 11.8 Å². The van der Waals surface area contributed by atoms with Gasteiger partial charge in [-0.3, -0.25) is 9.59 Å². The van der Waals surface area contributed by atoms with Crippen LogP contribution in [0, 0.1) is 5.92 Å². The average Bonchev–Trinajstić information content (AvgIpc) is 2.64. The van der Waals surface area contributed by atoms with E-state index in [1.165, 1.54) is 0 Å². The number of carbonyl (C=O) groups is 2. The van der Waals surface area contributed by atoms with Crippen LogP contribution in [0.1, 0.15) is 36.2 Å².